The van der Waals surface area contributed by atoms with Crippen LogP contribution in [0.15, 0.2) is 30.1 Å². The Morgan fingerprint density at radius 3 is 2.54 bits per heavy atom. The van der Waals surface area contributed by atoms with E-state index < -0.39 is 11.7 Å². The minimum atomic E-state index is -0.659. The van der Waals surface area contributed by atoms with Crippen LogP contribution in [-0.2, 0) is 4.74 Å². The van der Waals surface area contributed by atoms with E-state index in [1.165, 1.54) is 11.0 Å². The van der Waals surface area contributed by atoms with Crippen LogP contribution in [0.2, 0.25) is 0 Å². The van der Waals surface area contributed by atoms with Crippen molar-refractivity contribution >= 4 is 17.9 Å². The SMILES string of the molecule is CC(C)(C)OC(=O)NC/C(=C\F)COc1ccc2c(c1)C(=O)N(C1CC1)C2=O. The van der Waals surface area contributed by atoms with Gasteiger partial charge in [-0.05, 0) is 51.8 Å². The smallest absolute Gasteiger partial charge is 0.407 e. The maximum absolute atomic E-state index is 13.1. The third kappa shape index (κ3) is 4.49. The number of amides is 3. The van der Waals surface area contributed by atoms with E-state index in [1.807, 2.05) is 0 Å². The Bertz CT molecular complexity index is 839. The average Bonchev–Trinajstić information content (AvgIpc) is 3.41. The lowest BCUT2D eigenvalue weighted by Crippen LogP contribution is -2.34. The molecule has 1 aliphatic heterocycles. The van der Waals surface area contributed by atoms with Gasteiger partial charge in [-0.3, -0.25) is 14.5 Å². The van der Waals surface area contributed by atoms with Crippen LogP contribution < -0.4 is 10.1 Å². The molecule has 1 aromatic rings. The second-order valence-electron chi connectivity index (χ2n) is 7.83. The Kier molecular flexibility index (Phi) is 5.40. The molecule has 1 saturated carbocycles. The zero-order valence-electron chi connectivity index (χ0n) is 16.1. The van der Waals surface area contributed by atoms with E-state index in [0.717, 1.165) is 12.8 Å². The molecule has 1 fully saturated rings. The van der Waals surface area contributed by atoms with E-state index >= 15 is 0 Å². The number of rotatable bonds is 6. The van der Waals surface area contributed by atoms with E-state index in [1.54, 1.807) is 32.9 Å². The summed E-state index contributed by atoms with van der Waals surface area (Å²) in [7, 11) is 0. The largest absolute Gasteiger partial charge is 0.489 e. The predicted molar refractivity (Wildman–Crippen MR) is 98.9 cm³/mol. The van der Waals surface area contributed by atoms with E-state index in [9.17, 15) is 18.8 Å². The van der Waals surface area contributed by atoms with Crippen molar-refractivity contribution < 1.29 is 28.2 Å². The highest BCUT2D eigenvalue weighted by atomic mass is 19.1. The van der Waals surface area contributed by atoms with E-state index in [-0.39, 0.29) is 36.6 Å². The predicted octanol–water partition coefficient (Wildman–Crippen LogP) is 3.20. The Balaban J connectivity index is 1.57. The maximum Gasteiger partial charge on any atom is 0.407 e. The number of alkyl carbamates (subject to hydrolysis) is 1. The van der Waals surface area contributed by atoms with Crippen LogP contribution in [0.5, 0.6) is 5.75 Å². The molecular formula is C20H23FN2O5. The standard InChI is InChI=1S/C20H23FN2O5/c1-20(2,3)28-19(26)22-10-12(9-21)11-27-14-6-7-15-16(8-14)18(25)23(17(15)24)13-4-5-13/h6-9,13H,4-5,10-11H2,1-3H3,(H,22,26)/b12-9+. The molecule has 0 saturated heterocycles. The summed E-state index contributed by atoms with van der Waals surface area (Å²) in [6, 6.07) is 4.61. The normalized spacial score (nSPS) is 16.9. The zero-order valence-corrected chi connectivity index (χ0v) is 16.1. The lowest BCUT2D eigenvalue weighted by Gasteiger charge is -2.20. The number of nitrogens with one attached hydrogen (secondary N) is 1. The molecule has 1 aromatic carbocycles. The molecule has 150 valence electrons. The fraction of sp³-hybridized carbons (Fsp3) is 0.450. The van der Waals surface area contributed by atoms with Gasteiger partial charge in [-0.2, -0.15) is 0 Å². The summed E-state index contributed by atoms with van der Waals surface area (Å²) in [6.07, 6.45) is 1.37. The van der Waals surface area contributed by atoms with Crippen LogP contribution in [0.3, 0.4) is 0 Å². The monoisotopic (exact) mass is 390 g/mol. The molecule has 0 radical (unpaired) electrons. The van der Waals surface area contributed by atoms with Crippen molar-refractivity contribution in [1.29, 1.82) is 0 Å². The minimum absolute atomic E-state index is 0.00299. The highest BCUT2D eigenvalue weighted by molar-refractivity contribution is 6.21. The summed E-state index contributed by atoms with van der Waals surface area (Å²) in [5.41, 5.74) is 0.195. The average molecular weight is 390 g/mol. The Labute approximate surface area is 162 Å². The number of ether oxygens (including phenoxy) is 2. The first-order chi connectivity index (χ1) is 13.2. The van der Waals surface area contributed by atoms with Crippen LogP contribution >= 0.6 is 0 Å². The molecule has 1 aliphatic carbocycles. The van der Waals surface area contributed by atoms with Gasteiger partial charge < -0.3 is 14.8 Å². The van der Waals surface area contributed by atoms with Crippen LogP contribution in [-0.4, -0.2) is 47.6 Å². The number of carbonyl (C=O) groups excluding carboxylic acids is 3. The molecule has 2 aliphatic rings. The van der Waals surface area contributed by atoms with Crippen molar-refractivity contribution in [1.82, 2.24) is 10.2 Å². The molecule has 1 N–H and O–H groups in total. The third-order valence-electron chi connectivity index (χ3n) is 4.24. The molecule has 7 nitrogen and oxygen atoms in total. The number of nitrogens with zero attached hydrogens (tertiary/aromatic N) is 1. The van der Waals surface area contributed by atoms with E-state index in [2.05, 4.69) is 5.32 Å². The van der Waals surface area contributed by atoms with Gasteiger partial charge in [0.2, 0.25) is 0 Å². The third-order valence-corrected chi connectivity index (χ3v) is 4.24. The van der Waals surface area contributed by atoms with Crippen LogP contribution in [0, 0.1) is 0 Å². The van der Waals surface area contributed by atoms with Crippen molar-refractivity contribution in [2.75, 3.05) is 13.2 Å². The Hall–Kier alpha value is -2.90. The quantitative estimate of drug-likeness (QED) is 0.754. The van der Waals surface area contributed by atoms with Crippen molar-refractivity contribution in [2.45, 2.75) is 45.3 Å². The molecule has 28 heavy (non-hydrogen) atoms. The molecule has 0 spiro atoms. The fourth-order valence-corrected chi connectivity index (χ4v) is 2.79. The zero-order chi connectivity index (χ0) is 20.5. The highest BCUT2D eigenvalue weighted by Gasteiger charge is 2.44. The van der Waals surface area contributed by atoms with Gasteiger partial charge in [-0.1, -0.05) is 0 Å². The summed E-state index contributed by atoms with van der Waals surface area (Å²) in [4.78, 5) is 37.7. The van der Waals surface area contributed by atoms with Crippen molar-refractivity contribution in [3.63, 3.8) is 0 Å². The Morgan fingerprint density at radius 1 is 1.25 bits per heavy atom. The van der Waals surface area contributed by atoms with Gasteiger partial charge in [0, 0.05) is 18.2 Å². The summed E-state index contributed by atoms with van der Waals surface area (Å²) in [5.74, 6) is -0.255. The molecule has 0 unspecified atom stereocenters. The van der Waals surface area contributed by atoms with Crippen molar-refractivity contribution in [3.05, 3.63) is 41.2 Å². The molecule has 3 amide bonds. The number of imide groups is 1. The number of hydrogen-bond acceptors (Lipinski definition) is 5. The van der Waals surface area contributed by atoms with E-state index in [4.69, 9.17) is 9.47 Å². The topological polar surface area (TPSA) is 84.9 Å². The van der Waals surface area contributed by atoms with Gasteiger partial charge in [-0.25, -0.2) is 9.18 Å². The van der Waals surface area contributed by atoms with Gasteiger partial charge in [0.25, 0.3) is 11.8 Å². The fourth-order valence-electron chi connectivity index (χ4n) is 2.79. The summed E-state index contributed by atoms with van der Waals surface area (Å²) in [5, 5.41) is 2.45. The summed E-state index contributed by atoms with van der Waals surface area (Å²) < 4.78 is 23.7. The van der Waals surface area contributed by atoms with Gasteiger partial charge in [0.15, 0.2) is 0 Å². The first-order valence-corrected chi connectivity index (χ1v) is 9.09. The number of halogens is 1. The minimum Gasteiger partial charge on any atom is -0.489 e. The maximum atomic E-state index is 13.1. The molecular weight excluding hydrogens is 367 g/mol. The summed E-state index contributed by atoms with van der Waals surface area (Å²) in [6.45, 7) is 4.98. The lowest BCUT2D eigenvalue weighted by molar-refractivity contribution is 0.0530. The first-order valence-electron chi connectivity index (χ1n) is 9.09. The van der Waals surface area contributed by atoms with Gasteiger partial charge in [-0.15, -0.1) is 0 Å². The summed E-state index contributed by atoms with van der Waals surface area (Å²) >= 11 is 0. The number of benzene rings is 1. The van der Waals surface area contributed by atoms with Crippen LogP contribution in [0.1, 0.15) is 54.3 Å². The van der Waals surface area contributed by atoms with E-state index in [0.29, 0.717) is 23.2 Å². The second kappa shape index (κ2) is 7.61. The lowest BCUT2D eigenvalue weighted by atomic mass is 10.1. The van der Waals surface area contributed by atoms with Crippen molar-refractivity contribution in [3.8, 4) is 5.75 Å². The number of fused-ring (bicyclic) bond motifs is 1. The molecule has 8 heteroatoms. The highest BCUT2D eigenvalue weighted by Crippen LogP contribution is 2.35. The van der Waals surface area contributed by atoms with Crippen LogP contribution in [0.4, 0.5) is 9.18 Å². The molecule has 3 rings (SSSR count). The number of hydrogen-bond donors (Lipinski definition) is 1. The molecule has 0 bridgehead atoms. The molecule has 1 heterocycles. The molecule has 0 aromatic heterocycles. The Morgan fingerprint density at radius 2 is 1.93 bits per heavy atom. The van der Waals surface area contributed by atoms with Gasteiger partial charge in [0.05, 0.1) is 17.5 Å². The van der Waals surface area contributed by atoms with Gasteiger partial charge in [0.1, 0.15) is 18.0 Å². The second-order valence-corrected chi connectivity index (χ2v) is 7.83. The number of carbonyl (C=O) groups is 3. The van der Waals surface area contributed by atoms with Crippen molar-refractivity contribution in [2.24, 2.45) is 0 Å². The van der Waals surface area contributed by atoms with Crippen LogP contribution in [0.25, 0.3) is 0 Å². The molecule has 0 atom stereocenters. The first kappa shape index (κ1) is 19.9. The van der Waals surface area contributed by atoms with Gasteiger partial charge >= 0.3 is 6.09 Å².